The fraction of sp³-hybridized carbons (Fsp3) is 0.500. The largest absolute Gasteiger partial charge is 0.481 e. The van der Waals surface area contributed by atoms with Gasteiger partial charge in [-0.25, -0.2) is 4.79 Å². The van der Waals surface area contributed by atoms with Gasteiger partial charge in [0.25, 0.3) is 0 Å². The predicted molar refractivity (Wildman–Crippen MR) is 40.0 cm³/mol. The van der Waals surface area contributed by atoms with Gasteiger partial charge < -0.3 is 26.2 Å². The van der Waals surface area contributed by atoms with E-state index in [-0.39, 0.29) is 0 Å². The molecule has 1 amide bonds. The molecule has 0 aromatic rings. The lowest BCUT2D eigenvalue weighted by Crippen LogP contribution is -2.56. The molecule has 0 aliphatic rings. The maximum Gasteiger partial charge on any atom is 0.339 e. The van der Waals surface area contributed by atoms with Crippen molar-refractivity contribution in [2.24, 2.45) is 5.73 Å². The van der Waals surface area contributed by atoms with Crippen LogP contribution in [0.5, 0.6) is 0 Å². The molecular weight excluding hydrogens is 198 g/mol. The smallest absolute Gasteiger partial charge is 0.339 e. The first-order chi connectivity index (χ1) is 6.21. The van der Waals surface area contributed by atoms with Gasteiger partial charge in [0.15, 0.2) is 6.10 Å². The zero-order valence-corrected chi connectivity index (χ0v) is 6.88. The average Bonchev–Trinajstić information content (AvgIpc) is 2.00. The third-order valence-electron chi connectivity index (χ3n) is 1.51. The Morgan fingerprint density at radius 1 is 1.29 bits per heavy atom. The maximum atomic E-state index is 10.4. The molecule has 0 spiro atoms. The lowest BCUT2D eigenvalue weighted by Gasteiger charge is -2.24. The van der Waals surface area contributed by atoms with E-state index in [0.717, 1.165) is 0 Å². The number of aliphatic carboxylic acids is 2. The van der Waals surface area contributed by atoms with Crippen LogP contribution in [0.1, 0.15) is 6.42 Å². The van der Waals surface area contributed by atoms with Gasteiger partial charge in [-0.3, -0.25) is 9.59 Å². The van der Waals surface area contributed by atoms with Gasteiger partial charge in [-0.1, -0.05) is 0 Å². The molecule has 80 valence electrons. The second kappa shape index (κ2) is 4.03. The van der Waals surface area contributed by atoms with Crippen LogP contribution in [0.15, 0.2) is 0 Å². The fourth-order valence-corrected chi connectivity index (χ4v) is 0.755. The van der Waals surface area contributed by atoms with Crippen molar-refractivity contribution in [3.63, 3.8) is 0 Å². The molecule has 0 radical (unpaired) electrons. The van der Waals surface area contributed by atoms with E-state index in [1.165, 1.54) is 0 Å². The molecule has 0 aliphatic carbocycles. The van der Waals surface area contributed by atoms with Gasteiger partial charge in [-0.05, 0) is 0 Å². The summed E-state index contributed by atoms with van der Waals surface area (Å²) >= 11 is 0. The zero-order valence-electron chi connectivity index (χ0n) is 6.88. The normalized spacial score (nSPS) is 16.7. The van der Waals surface area contributed by atoms with Gasteiger partial charge >= 0.3 is 11.9 Å². The van der Waals surface area contributed by atoms with Crippen molar-refractivity contribution in [3.05, 3.63) is 0 Å². The highest BCUT2D eigenvalue weighted by Gasteiger charge is 2.48. The Labute approximate surface area is 77.6 Å². The number of rotatable bonds is 5. The predicted octanol–water partition coefficient (Wildman–Crippen LogP) is -2.88. The molecule has 8 nitrogen and oxygen atoms in total. The SMILES string of the molecule is NC(=O)C(O)C(O)(CC(=O)O)C(=O)O. The van der Waals surface area contributed by atoms with E-state index in [4.69, 9.17) is 20.4 Å². The highest BCUT2D eigenvalue weighted by molar-refractivity contribution is 5.92. The van der Waals surface area contributed by atoms with Gasteiger partial charge in [0.1, 0.15) is 0 Å². The molecule has 0 bridgehead atoms. The second-order valence-corrected chi connectivity index (χ2v) is 2.60. The van der Waals surface area contributed by atoms with Gasteiger partial charge in [0, 0.05) is 0 Å². The number of aliphatic hydroxyl groups is 2. The van der Waals surface area contributed by atoms with Crippen LogP contribution in [0.3, 0.4) is 0 Å². The van der Waals surface area contributed by atoms with Gasteiger partial charge in [-0.2, -0.15) is 0 Å². The number of hydrogen-bond acceptors (Lipinski definition) is 5. The molecule has 0 saturated carbocycles. The summed E-state index contributed by atoms with van der Waals surface area (Å²) in [5.74, 6) is -5.24. The molecule has 0 aliphatic heterocycles. The molecule has 0 aromatic heterocycles. The van der Waals surface area contributed by atoms with Crippen molar-refractivity contribution < 1.29 is 34.8 Å². The summed E-state index contributed by atoms with van der Waals surface area (Å²) in [6.07, 6.45) is -3.80. The topological polar surface area (TPSA) is 158 Å². The Morgan fingerprint density at radius 2 is 1.71 bits per heavy atom. The molecule has 8 heteroatoms. The summed E-state index contributed by atoms with van der Waals surface area (Å²) in [5.41, 5.74) is 1.43. The number of carbonyl (C=O) groups excluding carboxylic acids is 1. The second-order valence-electron chi connectivity index (χ2n) is 2.60. The summed E-state index contributed by atoms with van der Waals surface area (Å²) in [6, 6.07) is 0. The van der Waals surface area contributed by atoms with Crippen LogP contribution in [-0.4, -0.2) is 50.0 Å². The van der Waals surface area contributed by atoms with Crippen molar-refractivity contribution in [1.82, 2.24) is 0 Å². The van der Waals surface area contributed by atoms with Crippen LogP contribution in [0, 0.1) is 0 Å². The Bertz CT molecular complexity index is 275. The van der Waals surface area contributed by atoms with E-state index >= 15 is 0 Å². The molecule has 0 aromatic carbocycles. The number of amides is 1. The lowest BCUT2D eigenvalue weighted by molar-refractivity contribution is -0.180. The standard InChI is InChI=1S/C6H9NO7/c7-4(11)3(10)6(14,5(12)13)1-2(8)9/h3,10,14H,1H2,(H2,7,11)(H,8,9)(H,12,13). The molecule has 0 fully saturated rings. The van der Waals surface area contributed by atoms with E-state index < -0.39 is 36.0 Å². The van der Waals surface area contributed by atoms with Crippen molar-refractivity contribution in [2.75, 3.05) is 0 Å². The van der Waals surface area contributed by atoms with Gasteiger partial charge in [-0.15, -0.1) is 0 Å². The molecule has 0 saturated heterocycles. The molecular formula is C6H9NO7. The minimum Gasteiger partial charge on any atom is -0.481 e. The van der Waals surface area contributed by atoms with Crippen LogP contribution in [0.4, 0.5) is 0 Å². The lowest BCUT2D eigenvalue weighted by atomic mass is 9.92. The third-order valence-corrected chi connectivity index (χ3v) is 1.51. The van der Waals surface area contributed by atoms with Crippen molar-refractivity contribution in [3.8, 4) is 0 Å². The maximum absolute atomic E-state index is 10.4. The Hall–Kier alpha value is -1.67. The van der Waals surface area contributed by atoms with Crippen LogP contribution >= 0.6 is 0 Å². The molecule has 6 N–H and O–H groups in total. The minimum atomic E-state index is -3.10. The Balaban J connectivity index is 4.99. The molecule has 0 heterocycles. The summed E-state index contributed by atoms with van der Waals surface area (Å²) in [6.45, 7) is 0. The molecule has 14 heavy (non-hydrogen) atoms. The molecule has 2 unspecified atom stereocenters. The fourth-order valence-electron chi connectivity index (χ4n) is 0.755. The first-order valence-electron chi connectivity index (χ1n) is 3.36. The average molecular weight is 207 g/mol. The van der Waals surface area contributed by atoms with Crippen molar-refractivity contribution in [2.45, 2.75) is 18.1 Å². The quantitative estimate of drug-likeness (QED) is 0.324. The zero-order chi connectivity index (χ0) is 11.5. The summed E-state index contributed by atoms with van der Waals surface area (Å²) in [4.78, 5) is 31.0. The number of hydrogen-bond donors (Lipinski definition) is 5. The van der Waals surface area contributed by atoms with Crippen molar-refractivity contribution >= 4 is 17.8 Å². The number of aliphatic hydroxyl groups excluding tert-OH is 1. The number of carboxylic acid groups (broad SMARTS) is 2. The van der Waals surface area contributed by atoms with E-state index in [9.17, 15) is 14.4 Å². The minimum absolute atomic E-state index is 1.33. The summed E-state index contributed by atoms with van der Waals surface area (Å²) in [7, 11) is 0. The number of nitrogens with two attached hydrogens (primary N) is 1. The first-order valence-corrected chi connectivity index (χ1v) is 3.36. The van der Waals surface area contributed by atoms with E-state index in [1.54, 1.807) is 0 Å². The van der Waals surface area contributed by atoms with Crippen LogP contribution < -0.4 is 5.73 Å². The molecule has 2 atom stereocenters. The third kappa shape index (κ3) is 2.41. The highest BCUT2D eigenvalue weighted by atomic mass is 16.4. The van der Waals surface area contributed by atoms with Crippen LogP contribution in [0.25, 0.3) is 0 Å². The van der Waals surface area contributed by atoms with E-state index in [2.05, 4.69) is 5.73 Å². The monoisotopic (exact) mass is 207 g/mol. The van der Waals surface area contributed by atoms with Gasteiger partial charge in [0.2, 0.25) is 11.5 Å². The van der Waals surface area contributed by atoms with E-state index in [0.29, 0.717) is 0 Å². The molecule has 0 rings (SSSR count). The number of carbonyl (C=O) groups is 3. The van der Waals surface area contributed by atoms with E-state index in [1.807, 2.05) is 0 Å². The highest BCUT2D eigenvalue weighted by Crippen LogP contribution is 2.16. The number of carboxylic acids is 2. The number of primary amides is 1. The first kappa shape index (κ1) is 12.3. The van der Waals surface area contributed by atoms with Crippen LogP contribution in [0.2, 0.25) is 0 Å². The van der Waals surface area contributed by atoms with Crippen molar-refractivity contribution in [1.29, 1.82) is 0 Å². The Morgan fingerprint density at radius 3 is 1.93 bits per heavy atom. The van der Waals surface area contributed by atoms with Crippen LogP contribution in [-0.2, 0) is 14.4 Å². The summed E-state index contributed by atoms with van der Waals surface area (Å²) < 4.78 is 0. The summed E-state index contributed by atoms with van der Waals surface area (Å²) in [5, 5.41) is 34.7. The van der Waals surface area contributed by atoms with Gasteiger partial charge in [0.05, 0.1) is 6.42 Å². The Kier molecular flexibility index (Phi) is 3.55.